The molecule has 0 fully saturated rings. The van der Waals surface area contributed by atoms with Crippen molar-refractivity contribution in [2.75, 3.05) is 6.54 Å². The van der Waals surface area contributed by atoms with Crippen molar-refractivity contribution in [3.05, 3.63) is 0 Å². The monoisotopic (exact) mass is 413 g/mol. The van der Waals surface area contributed by atoms with Crippen LogP contribution in [0.5, 0.6) is 0 Å². The number of hydrogen-bond acceptors (Lipinski definition) is 4. The van der Waals surface area contributed by atoms with E-state index in [2.05, 4.69) is 0 Å². The first-order valence-electron chi connectivity index (χ1n) is 4.01. The number of aliphatic carboxylic acids is 2. The number of nitrogens with two attached hydrogens (primary N) is 1. The van der Waals surface area contributed by atoms with E-state index in [0.717, 1.165) is 27.9 Å². The van der Waals surface area contributed by atoms with Crippen molar-refractivity contribution < 1.29 is 49.6 Å². The summed E-state index contributed by atoms with van der Waals surface area (Å²) in [5, 5.41) is 16.8. The quantitative estimate of drug-likeness (QED) is 0.491. The van der Waals surface area contributed by atoms with E-state index < -0.39 is 30.4 Å². The van der Waals surface area contributed by atoms with Gasteiger partial charge >= 0.3 is 101 Å². The number of hydrogen-bond donors (Lipinski definition) is 3. The first-order valence-corrected chi connectivity index (χ1v) is 5.32. The molecule has 7 nitrogen and oxygen atoms in total. The van der Waals surface area contributed by atoms with Crippen LogP contribution in [0.2, 0.25) is 0 Å². The summed E-state index contributed by atoms with van der Waals surface area (Å²) < 4.78 is 1.01. The summed E-state index contributed by atoms with van der Waals surface area (Å²) in [6, 6.07) is -0.953. The fraction of sp³-hybridized carbons (Fsp3) is 0.571. The Hall–Kier alpha value is -0.747. The molecule has 0 rings (SSSR count). The van der Waals surface area contributed by atoms with Gasteiger partial charge in [0.2, 0.25) is 0 Å². The number of rotatable bonds is 6. The third-order valence-electron chi connectivity index (χ3n) is 1.50. The molecule has 0 aliphatic carbocycles. The molecule has 4 N–H and O–H groups in total. The van der Waals surface area contributed by atoms with E-state index in [-0.39, 0.29) is 12.8 Å². The number of carboxylic acid groups (broad SMARTS) is 2. The van der Waals surface area contributed by atoms with E-state index in [1.165, 1.54) is 0 Å². The van der Waals surface area contributed by atoms with Crippen LogP contribution in [-0.4, -0.2) is 43.5 Å². The van der Waals surface area contributed by atoms with Crippen LogP contribution in [0.3, 0.4) is 0 Å². The molecule has 8 heteroatoms. The zero-order valence-corrected chi connectivity index (χ0v) is 10.7. The van der Waals surface area contributed by atoms with E-state index in [0.29, 0.717) is 0 Å². The van der Waals surface area contributed by atoms with E-state index in [1.807, 2.05) is 0 Å². The Balaban J connectivity index is 4.07. The number of carbonyl (C=O) groups excluding carboxylic acids is 1. The Kier molecular flexibility index (Phi) is 6.35. The standard InChI is InChI=1S/C7H11AtN2O5/c8-10(3-6(13)14)7(15)4(9)1-2-5(11)12/h4H,1-3,9H2,(H,11,12)(H,13,14)/t4-/m0/s1. The van der Waals surface area contributed by atoms with Crippen LogP contribution in [-0.2, 0) is 14.4 Å². The SMILES string of the molecule is N[C@@H](CCC(=O)O)C(=O)N([At])CC(=O)O. The third kappa shape index (κ3) is 6.35. The van der Waals surface area contributed by atoms with Gasteiger partial charge in [-0.3, -0.25) is 0 Å². The second-order valence-electron chi connectivity index (χ2n) is 2.79. The Morgan fingerprint density at radius 2 is 1.80 bits per heavy atom. The maximum atomic E-state index is 11.3. The Morgan fingerprint density at radius 1 is 1.27 bits per heavy atom. The molecule has 86 valence electrons. The Morgan fingerprint density at radius 3 is 2.20 bits per heavy atom. The number of amides is 1. The van der Waals surface area contributed by atoms with Crippen LogP contribution >= 0.6 is 0 Å². The summed E-state index contributed by atoms with van der Waals surface area (Å²) in [6.45, 7) is -0.420. The van der Waals surface area contributed by atoms with Crippen LogP contribution < -0.4 is 5.73 Å². The Labute approximate surface area is 101 Å². The fourth-order valence-corrected chi connectivity index (χ4v) is 1.66. The second kappa shape index (κ2) is 6.68. The minimum atomic E-state index is -1.13. The maximum absolute atomic E-state index is 11.3. The van der Waals surface area contributed by atoms with Crippen molar-refractivity contribution in [2.24, 2.45) is 5.73 Å². The predicted molar refractivity (Wildman–Crippen MR) is 44.2 cm³/mol. The second-order valence-corrected chi connectivity index (χ2v) is 4.38. The van der Waals surface area contributed by atoms with Gasteiger partial charge in [0.15, 0.2) is 0 Å². The molecule has 0 aromatic rings. The summed E-state index contributed by atoms with van der Waals surface area (Å²) >= 11 is 0.881. The van der Waals surface area contributed by atoms with Gasteiger partial charge in [0, 0.05) is 0 Å². The number of carbonyl (C=O) groups is 3. The summed E-state index contributed by atoms with van der Waals surface area (Å²) in [5.74, 6) is -2.71. The van der Waals surface area contributed by atoms with Gasteiger partial charge in [0.25, 0.3) is 0 Å². The number of nitrogens with zero attached hydrogens (tertiary/aromatic N) is 1. The van der Waals surface area contributed by atoms with Crippen LogP contribution in [0.4, 0.5) is 0 Å². The molecule has 0 bridgehead atoms. The molecule has 0 aliphatic rings. The fourth-order valence-electron chi connectivity index (χ4n) is 0.779. The van der Waals surface area contributed by atoms with Gasteiger partial charge in [-0.05, 0) is 0 Å². The zero-order chi connectivity index (χ0) is 12.0. The predicted octanol–water partition coefficient (Wildman–Crippen LogP) is -1.44. The molecule has 1 amide bonds. The van der Waals surface area contributed by atoms with E-state index >= 15 is 0 Å². The summed E-state index contributed by atoms with van der Waals surface area (Å²) in [4.78, 5) is 31.8. The van der Waals surface area contributed by atoms with Gasteiger partial charge < -0.3 is 0 Å². The van der Waals surface area contributed by atoms with Crippen molar-refractivity contribution in [3.63, 3.8) is 0 Å². The van der Waals surface area contributed by atoms with Crippen molar-refractivity contribution >= 4 is 17.8 Å². The van der Waals surface area contributed by atoms with Crippen LogP contribution in [0, 0.1) is 25.0 Å². The molecular weight excluding hydrogens is 402 g/mol. The van der Waals surface area contributed by atoms with E-state index in [1.54, 1.807) is 0 Å². The molecular formula is C7H11AtN2O5. The van der Waals surface area contributed by atoms with Gasteiger partial charge in [-0.2, -0.15) is 0 Å². The average molecular weight is 413 g/mol. The first-order chi connectivity index (χ1) is 6.84. The van der Waals surface area contributed by atoms with Crippen molar-refractivity contribution in [2.45, 2.75) is 18.9 Å². The molecule has 1 atom stereocenters. The van der Waals surface area contributed by atoms with Crippen molar-refractivity contribution in [1.29, 1.82) is 0 Å². The molecule has 0 heterocycles. The van der Waals surface area contributed by atoms with E-state index in [9.17, 15) is 14.4 Å². The van der Waals surface area contributed by atoms with Crippen LogP contribution in [0.1, 0.15) is 12.8 Å². The topological polar surface area (TPSA) is 121 Å². The molecule has 0 aromatic carbocycles. The van der Waals surface area contributed by atoms with Gasteiger partial charge in [0.05, 0.1) is 0 Å². The summed E-state index contributed by atoms with van der Waals surface area (Å²) in [7, 11) is 0. The number of carboxylic acids is 2. The first kappa shape index (κ1) is 14.3. The Bertz CT molecular complexity index is 270. The van der Waals surface area contributed by atoms with Crippen LogP contribution in [0.25, 0.3) is 0 Å². The zero-order valence-electron chi connectivity index (χ0n) is 7.72. The molecule has 15 heavy (non-hydrogen) atoms. The summed E-state index contributed by atoms with van der Waals surface area (Å²) in [5.41, 5.74) is 5.40. The normalized spacial score (nSPS) is 11.9. The van der Waals surface area contributed by atoms with Crippen LogP contribution in [0.15, 0.2) is 0 Å². The molecule has 0 spiro atoms. The minimum absolute atomic E-state index is 0.00703. The molecule has 0 saturated heterocycles. The molecule has 0 saturated carbocycles. The van der Waals surface area contributed by atoms with Gasteiger partial charge in [-0.15, -0.1) is 0 Å². The third-order valence-corrected chi connectivity index (χ3v) is 2.61. The van der Waals surface area contributed by atoms with Crippen molar-refractivity contribution in [3.8, 4) is 0 Å². The molecule has 0 aromatic heterocycles. The molecule has 0 radical (unpaired) electrons. The van der Waals surface area contributed by atoms with Gasteiger partial charge in [0.1, 0.15) is 0 Å². The van der Waals surface area contributed by atoms with Gasteiger partial charge in [-0.1, -0.05) is 0 Å². The van der Waals surface area contributed by atoms with Gasteiger partial charge in [-0.25, -0.2) is 0 Å². The molecule has 0 unspecified atom stereocenters. The summed E-state index contributed by atoms with van der Waals surface area (Å²) in [6.07, 6.45) is -0.201. The van der Waals surface area contributed by atoms with Crippen molar-refractivity contribution in [1.82, 2.24) is 2.84 Å². The molecule has 0 aliphatic heterocycles. The van der Waals surface area contributed by atoms with E-state index in [4.69, 9.17) is 15.9 Å². The average Bonchev–Trinajstić information content (AvgIpc) is 2.11.